The molecule has 0 aliphatic heterocycles. The summed E-state index contributed by atoms with van der Waals surface area (Å²) in [6.45, 7) is 2.22. The van der Waals surface area contributed by atoms with Gasteiger partial charge in [0.05, 0.1) is 0 Å². The first kappa shape index (κ1) is 12.8. The minimum Gasteiger partial charge on any atom is -0.102 e. The van der Waals surface area contributed by atoms with Crippen LogP contribution in [0.25, 0.3) is 0 Å². The van der Waals surface area contributed by atoms with Gasteiger partial charge in [0, 0.05) is 5.75 Å². The van der Waals surface area contributed by atoms with E-state index in [4.69, 9.17) is 0 Å². The Morgan fingerprint density at radius 1 is 1.09 bits per heavy atom. The molecule has 0 saturated carbocycles. The summed E-state index contributed by atoms with van der Waals surface area (Å²) in [4.78, 5) is 0. The summed E-state index contributed by atoms with van der Waals surface area (Å²) in [7, 11) is 1.76. The highest BCUT2D eigenvalue weighted by Crippen LogP contribution is 2.71. The summed E-state index contributed by atoms with van der Waals surface area (Å²) in [5.74, 6) is 1.14. The Morgan fingerprint density at radius 2 is 1.73 bits per heavy atom. The van der Waals surface area contributed by atoms with E-state index in [9.17, 15) is 0 Å². The van der Waals surface area contributed by atoms with Gasteiger partial charge in [0.2, 0.25) is 0 Å². The van der Waals surface area contributed by atoms with Crippen LogP contribution in [0.5, 0.6) is 0 Å². The monoisotopic (exact) mass is 248 g/mol. The summed E-state index contributed by atoms with van der Waals surface area (Å²) in [6, 6.07) is 0. The second-order valence-electron chi connectivity index (χ2n) is 2.35. The zero-order chi connectivity index (χ0) is 8.74. The first-order chi connectivity index (χ1) is 5.06. The SMILES string of the molecule is CCCCCCSS(S)(S)S. The van der Waals surface area contributed by atoms with Crippen molar-refractivity contribution < 1.29 is 0 Å². The Labute approximate surface area is 89.8 Å². The van der Waals surface area contributed by atoms with Gasteiger partial charge in [-0.2, -0.15) is 0 Å². The Morgan fingerprint density at radius 3 is 2.18 bits per heavy atom. The zero-order valence-electron chi connectivity index (χ0n) is 6.69. The zero-order valence-corrected chi connectivity index (χ0v) is 11.0. The van der Waals surface area contributed by atoms with Crippen molar-refractivity contribution >= 4 is 51.9 Å². The molecule has 0 bridgehead atoms. The van der Waals surface area contributed by atoms with Gasteiger partial charge in [0.15, 0.2) is 0 Å². The highest BCUT2D eigenvalue weighted by molar-refractivity contribution is 9.61. The maximum absolute atomic E-state index is 4.25. The molecule has 0 aliphatic rings. The molecule has 5 heteroatoms. The predicted molar refractivity (Wildman–Crippen MR) is 71.1 cm³/mol. The van der Waals surface area contributed by atoms with Crippen LogP contribution in [-0.4, -0.2) is 5.75 Å². The molecule has 70 valence electrons. The van der Waals surface area contributed by atoms with Crippen molar-refractivity contribution in [1.82, 2.24) is 0 Å². The average Bonchev–Trinajstić information content (AvgIpc) is 1.85. The second kappa shape index (κ2) is 7.18. The van der Waals surface area contributed by atoms with Gasteiger partial charge in [-0.15, -0.1) is 35.0 Å². The van der Waals surface area contributed by atoms with Crippen LogP contribution in [0, 0.1) is 0 Å². The highest BCUT2D eigenvalue weighted by atomic mass is 34.1. The van der Waals surface area contributed by atoms with Crippen molar-refractivity contribution in [2.45, 2.75) is 32.6 Å². The fourth-order valence-electron chi connectivity index (χ4n) is 0.700. The first-order valence-electron chi connectivity index (χ1n) is 3.71. The van der Waals surface area contributed by atoms with E-state index >= 15 is 0 Å². The van der Waals surface area contributed by atoms with Crippen LogP contribution in [0.1, 0.15) is 32.6 Å². The van der Waals surface area contributed by atoms with Crippen molar-refractivity contribution in [3.63, 3.8) is 0 Å². The lowest BCUT2D eigenvalue weighted by molar-refractivity contribution is 0.707. The third kappa shape index (κ3) is 11.8. The lowest BCUT2D eigenvalue weighted by atomic mass is 10.2. The Bertz CT molecular complexity index is 87.5. The largest absolute Gasteiger partial charge is 0.102 e. The quantitative estimate of drug-likeness (QED) is 0.352. The molecular formula is C6H16S5. The fourth-order valence-corrected chi connectivity index (χ4v) is 4.28. The molecule has 0 aromatic heterocycles. The third-order valence-electron chi connectivity index (χ3n) is 1.24. The van der Waals surface area contributed by atoms with E-state index < -0.39 is 6.16 Å². The minimum atomic E-state index is -1.21. The number of rotatable bonds is 6. The van der Waals surface area contributed by atoms with Gasteiger partial charge in [0.1, 0.15) is 0 Å². The first-order valence-corrected chi connectivity index (χ1v) is 10.0. The van der Waals surface area contributed by atoms with Gasteiger partial charge in [-0.3, -0.25) is 0 Å². The Hall–Kier alpha value is 1.75. The molecule has 0 N–H and O–H groups in total. The molecule has 0 unspecified atom stereocenters. The maximum atomic E-state index is 4.25. The van der Waals surface area contributed by atoms with Crippen LogP contribution in [0.2, 0.25) is 0 Å². The van der Waals surface area contributed by atoms with Gasteiger partial charge in [0.25, 0.3) is 0 Å². The van der Waals surface area contributed by atoms with Gasteiger partial charge in [-0.05, 0) is 6.42 Å². The van der Waals surface area contributed by atoms with Gasteiger partial charge >= 0.3 is 0 Å². The smallest absolute Gasteiger partial charge is 0.00443 e. The molecule has 0 atom stereocenters. The lowest BCUT2D eigenvalue weighted by Gasteiger charge is -2.18. The lowest BCUT2D eigenvalue weighted by Crippen LogP contribution is -1.79. The van der Waals surface area contributed by atoms with E-state index in [1.807, 2.05) is 0 Å². The van der Waals surface area contributed by atoms with Crippen LogP contribution < -0.4 is 0 Å². The summed E-state index contributed by atoms with van der Waals surface area (Å²) < 4.78 is 0. The normalized spacial score (nSPS) is 13.5. The number of thiol groups is 3. The molecule has 0 aromatic carbocycles. The minimum absolute atomic E-state index is 1.14. The molecule has 0 nitrogen and oxygen atoms in total. The van der Waals surface area contributed by atoms with Crippen LogP contribution in [-0.2, 0) is 0 Å². The van der Waals surface area contributed by atoms with Gasteiger partial charge in [-0.1, -0.05) is 43.1 Å². The number of hydrogen-bond acceptors (Lipinski definition) is 4. The summed E-state index contributed by atoms with van der Waals surface area (Å²) >= 11 is 12.8. The van der Waals surface area contributed by atoms with Crippen LogP contribution in [0.15, 0.2) is 0 Å². The highest BCUT2D eigenvalue weighted by Gasteiger charge is 2.06. The van der Waals surface area contributed by atoms with Crippen LogP contribution in [0.3, 0.4) is 0 Å². The van der Waals surface area contributed by atoms with Gasteiger partial charge in [-0.25, -0.2) is 0 Å². The van der Waals surface area contributed by atoms with Crippen molar-refractivity contribution in [3.05, 3.63) is 0 Å². The van der Waals surface area contributed by atoms with E-state index in [0.717, 1.165) is 5.75 Å². The number of hydrogen-bond donors (Lipinski definition) is 3. The Balaban J connectivity index is 3.02. The van der Waals surface area contributed by atoms with Crippen molar-refractivity contribution in [3.8, 4) is 0 Å². The molecule has 0 heterocycles. The van der Waals surface area contributed by atoms with E-state index in [1.54, 1.807) is 10.8 Å². The van der Waals surface area contributed by atoms with Gasteiger partial charge < -0.3 is 0 Å². The molecule has 0 amide bonds. The molecule has 0 aromatic rings. The Kier molecular flexibility index (Phi) is 8.32. The topological polar surface area (TPSA) is 0 Å². The molecule has 0 aliphatic carbocycles. The third-order valence-corrected chi connectivity index (χ3v) is 6.31. The maximum Gasteiger partial charge on any atom is 0.00443 e. The predicted octanol–water partition coefficient (Wildman–Crippen LogP) is 4.55. The number of unbranched alkanes of at least 4 members (excludes halogenated alkanes) is 3. The fraction of sp³-hybridized carbons (Fsp3) is 1.00. The van der Waals surface area contributed by atoms with E-state index in [1.165, 1.54) is 25.7 Å². The molecular weight excluding hydrogens is 232 g/mol. The standard InChI is InChI=1S/C6H16S5/c1-2-3-4-5-6-10-11(7,8)9/h7-9H,2-6H2,1H3. The van der Waals surface area contributed by atoms with Crippen molar-refractivity contribution in [1.29, 1.82) is 0 Å². The summed E-state index contributed by atoms with van der Waals surface area (Å²) in [5.41, 5.74) is 0. The summed E-state index contributed by atoms with van der Waals surface area (Å²) in [6.07, 6.45) is 4.03. The molecule has 0 saturated heterocycles. The average molecular weight is 249 g/mol. The summed E-state index contributed by atoms with van der Waals surface area (Å²) in [5, 5.41) is 0. The molecule has 0 rings (SSSR count). The van der Waals surface area contributed by atoms with Crippen molar-refractivity contribution in [2.75, 3.05) is 5.75 Å². The molecule has 11 heavy (non-hydrogen) atoms. The molecule has 0 fully saturated rings. The van der Waals surface area contributed by atoms with E-state index in [0.29, 0.717) is 0 Å². The van der Waals surface area contributed by atoms with Crippen LogP contribution in [0.4, 0.5) is 0 Å². The second-order valence-corrected chi connectivity index (χ2v) is 15.9. The van der Waals surface area contributed by atoms with E-state index in [-0.39, 0.29) is 0 Å². The van der Waals surface area contributed by atoms with Crippen molar-refractivity contribution in [2.24, 2.45) is 0 Å². The van der Waals surface area contributed by atoms with Crippen LogP contribution >= 0.6 is 51.9 Å². The van der Waals surface area contributed by atoms with E-state index in [2.05, 4.69) is 41.9 Å². The molecule has 0 spiro atoms. The molecule has 0 radical (unpaired) electrons.